The topological polar surface area (TPSA) is 69.7 Å². The van der Waals surface area contributed by atoms with E-state index >= 15 is 0 Å². The number of carbonyl (C=O) groups is 3. The molecule has 0 saturated carbocycles. The fourth-order valence-corrected chi connectivity index (χ4v) is 4.93. The highest BCUT2D eigenvalue weighted by molar-refractivity contribution is 9.10. The molecule has 0 atom stereocenters. The van der Waals surface area contributed by atoms with Crippen molar-refractivity contribution in [2.75, 3.05) is 31.5 Å². The number of benzene rings is 2. The molecule has 0 spiro atoms. The van der Waals surface area contributed by atoms with Crippen LogP contribution in [0, 0.1) is 5.92 Å². The first-order valence-corrected chi connectivity index (χ1v) is 12.0. The van der Waals surface area contributed by atoms with Crippen LogP contribution in [-0.4, -0.2) is 53.7 Å². The van der Waals surface area contributed by atoms with Crippen LogP contribution in [0.25, 0.3) is 0 Å². The Morgan fingerprint density at radius 3 is 2.16 bits per heavy atom. The van der Waals surface area contributed by atoms with Crippen LogP contribution in [-0.2, 0) is 4.79 Å². The number of nitrogens with one attached hydrogen (secondary N) is 1. The number of rotatable bonds is 5. The highest BCUT2D eigenvalue weighted by Crippen LogP contribution is 2.26. The van der Waals surface area contributed by atoms with Crippen LogP contribution in [0.5, 0.6) is 0 Å². The summed E-state index contributed by atoms with van der Waals surface area (Å²) in [7, 11) is 0. The Labute approximate surface area is 197 Å². The number of likely N-dealkylation sites (tertiary alicyclic amines) is 2. The first-order chi connectivity index (χ1) is 15.5. The molecule has 0 unspecified atom stereocenters. The Balaban J connectivity index is 1.37. The molecule has 7 heteroatoms. The van der Waals surface area contributed by atoms with E-state index in [0.717, 1.165) is 38.8 Å². The van der Waals surface area contributed by atoms with Gasteiger partial charge in [0.05, 0.1) is 16.8 Å². The van der Waals surface area contributed by atoms with Crippen LogP contribution in [0.3, 0.4) is 0 Å². The summed E-state index contributed by atoms with van der Waals surface area (Å²) in [5.74, 6) is 0.235. The second kappa shape index (κ2) is 10.3. The van der Waals surface area contributed by atoms with Crippen LogP contribution in [0.4, 0.5) is 5.69 Å². The predicted octanol–water partition coefficient (Wildman–Crippen LogP) is 4.57. The molecular weight excluding hydrogens is 470 g/mol. The first kappa shape index (κ1) is 22.5. The molecule has 2 fully saturated rings. The summed E-state index contributed by atoms with van der Waals surface area (Å²) in [6.07, 6.45) is 4.46. The molecule has 0 aromatic heterocycles. The zero-order chi connectivity index (χ0) is 22.5. The summed E-state index contributed by atoms with van der Waals surface area (Å²) in [4.78, 5) is 42.2. The summed E-state index contributed by atoms with van der Waals surface area (Å²) in [5, 5.41) is 2.89. The standard InChI is InChI=1S/C25H28BrN3O3/c26-21-9-3-1-7-19(21)24(31)27-22-10-4-2-8-20(22)25(32)29-15-11-18(12-16-29)17-23(30)28-13-5-6-14-28/h1-4,7-10,18H,5-6,11-17H2,(H,27,31). The van der Waals surface area contributed by atoms with Crippen LogP contribution >= 0.6 is 15.9 Å². The average Bonchev–Trinajstić information content (AvgIpc) is 3.35. The highest BCUT2D eigenvalue weighted by atomic mass is 79.9. The molecule has 2 aliphatic rings. The summed E-state index contributed by atoms with van der Waals surface area (Å²) < 4.78 is 0.701. The van der Waals surface area contributed by atoms with E-state index in [2.05, 4.69) is 21.2 Å². The van der Waals surface area contributed by atoms with Crippen molar-refractivity contribution in [2.24, 2.45) is 5.92 Å². The van der Waals surface area contributed by atoms with E-state index in [1.165, 1.54) is 0 Å². The van der Waals surface area contributed by atoms with Crippen molar-refractivity contribution in [3.63, 3.8) is 0 Å². The molecule has 2 saturated heterocycles. The van der Waals surface area contributed by atoms with Gasteiger partial charge in [0.15, 0.2) is 0 Å². The molecule has 168 valence electrons. The van der Waals surface area contributed by atoms with E-state index in [4.69, 9.17) is 0 Å². The van der Waals surface area contributed by atoms with Gasteiger partial charge in [-0.2, -0.15) is 0 Å². The predicted molar refractivity (Wildman–Crippen MR) is 128 cm³/mol. The van der Waals surface area contributed by atoms with E-state index in [9.17, 15) is 14.4 Å². The Morgan fingerprint density at radius 1 is 0.844 bits per heavy atom. The van der Waals surface area contributed by atoms with Gasteiger partial charge in [-0.05, 0) is 71.8 Å². The SMILES string of the molecule is O=C(Nc1ccccc1C(=O)N1CCC(CC(=O)N2CCCC2)CC1)c1ccccc1Br. The second-order valence-electron chi connectivity index (χ2n) is 8.51. The Kier molecular flexibility index (Phi) is 7.25. The lowest BCUT2D eigenvalue weighted by molar-refractivity contribution is -0.131. The molecule has 6 nitrogen and oxygen atoms in total. The quantitative estimate of drug-likeness (QED) is 0.657. The Hall–Kier alpha value is -2.67. The largest absolute Gasteiger partial charge is 0.343 e. The number of carbonyl (C=O) groups excluding carboxylic acids is 3. The molecule has 32 heavy (non-hydrogen) atoms. The van der Waals surface area contributed by atoms with Gasteiger partial charge in [-0.25, -0.2) is 0 Å². The maximum atomic E-state index is 13.2. The van der Waals surface area contributed by atoms with Gasteiger partial charge in [-0.15, -0.1) is 0 Å². The molecule has 2 aromatic rings. The van der Waals surface area contributed by atoms with Crippen molar-refractivity contribution in [3.05, 3.63) is 64.1 Å². The van der Waals surface area contributed by atoms with Crippen molar-refractivity contribution in [2.45, 2.75) is 32.1 Å². The van der Waals surface area contributed by atoms with E-state index in [-0.39, 0.29) is 17.7 Å². The molecular formula is C25H28BrN3O3. The van der Waals surface area contributed by atoms with Gasteiger partial charge in [0.25, 0.3) is 11.8 Å². The smallest absolute Gasteiger partial charge is 0.256 e. The lowest BCUT2D eigenvalue weighted by Gasteiger charge is -2.33. The third kappa shape index (κ3) is 5.21. The second-order valence-corrected chi connectivity index (χ2v) is 9.36. The minimum absolute atomic E-state index is 0.0858. The van der Waals surface area contributed by atoms with Crippen LogP contribution in [0.1, 0.15) is 52.8 Å². The van der Waals surface area contributed by atoms with Crippen molar-refractivity contribution in [1.82, 2.24) is 9.80 Å². The fourth-order valence-electron chi connectivity index (χ4n) is 4.47. The molecule has 2 heterocycles. The normalized spacial score (nSPS) is 16.8. The van der Waals surface area contributed by atoms with Gasteiger partial charge in [0.2, 0.25) is 5.91 Å². The first-order valence-electron chi connectivity index (χ1n) is 11.2. The van der Waals surface area contributed by atoms with Crippen LogP contribution in [0.15, 0.2) is 53.0 Å². The number of anilines is 1. The molecule has 0 aliphatic carbocycles. The van der Waals surface area contributed by atoms with Gasteiger partial charge in [0.1, 0.15) is 0 Å². The third-order valence-corrected chi connectivity index (χ3v) is 7.04. The number of hydrogen-bond acceptors (Lipinski definition) is 3. The van der Waals surface area contributed by atoms with Gasteiger partial charge < -0.3 is 15.1 Å². The van der Waals surface area contributed by atoms with Crippen molar-refractivity contribution in [1.29, 1.82) is 0 Å². The molecule has 2 aromatic carbocycles. The average molecular weight is 498 g/mol. The Morgan fingerprint density at radius 2 is 1.47 bits per heavy atom. The lowest BCUT2D eigenvalue weighted by Crippen LogP contribution is -2.40. The monoisotopic (exact) mass is 497 g/mol. The van der Waals surface area contributed by atoms with Crippen molar-refractivity contribution in [3.8, 4) is 0 Å². The summed E-state index contributed by atoms with van der Waals surface area (Å²) in [6, 6.07) is 14.3. The maximum Gasteiger partial charge on any atom is 0.256 e. The van der Waals surface area contributed by atoms with Gasteiger partial charge in [-0.1, -0.05) is 24.3 Å². The van der Waals surface area contributed by atoms with E-state index in [1.54, 1.807) is 24.3 Å². The van der Waals surface area contributed by atoms with E-state index in [1.807, 2.05) is 34.1 Å². The molecule has 2 aliphatic heterocycles. The zero-order valence-corrected chi connectivity index (χ0v) is 19.6. The lowest BCUT2D eigenvalue weighted by atomic mass is 9.92. The minimum atomic E-state index is -0.267. The van der Waals surface area contributed by atoms with Gasteiger partial charge in [-0.3, -0.25) is 14.4 Å². The number of nitrogens with zero attached hydrogens (tertiary/aromatic N) is 2. The van der Waals surface area contributed by atoms with Crippen LogP contribution < -0.4 is 5.32 Å². The number of para-hydroxylation sites is 1. The van der Waals surface area contributed by atoms with E-state index in [0.29, 0.717) is 46.7 Å². The maximum absolute atomic E-state index is 13.2. The minimum Gasteiger partial charge on any atom is -0.343 e. The summed E-state index contributed by atoms with van der Waals surface area (Å²) in [5.41, 5.74) is 1.50. The summed E-state index contributed by atoms with van der Waals surface area (Å²) >= 11 is 3.40. The fraction of sp³-hybridized carbons (Fsp3) is 0.400. The number of piperidine rings is 1. The Bertz CT molecular complexity index is 995. The highest BCUT2D eigenvalue weighted by Gasteiger charge is 2.28. The van der Waals surface area contributed by atoms with E-state index < -0.39 is 0 Å². The molecule has 1 N–H and O–H groups in total. The molecule has 4 rings (SSSR count). The van der Waals surface area contributed by atoms with Crippen LogP contribution in [0.2, 0.25) is 0 Å². The molecule has 0 bridgehead atoms. The number of amides is 3. The van der Waals surface area contributed by atoms with Gasteiger partial charge >= 0.3 is 0 Å². The van der Waals surface area contributed by atoms with Crippen molar-refractivity contribution >= 4 is 39.3 Å². The molecule has 0 radical (unpaired) electrons. The number of halogens is 1. The van der Waals surface area contributed by atoms with Crippen molar-refractivity contribution < 1.29 is 14.4 Å². The van der Waals surface area contributed by atoms with Gasteiger partial charge in [0, 0.05) is 37.1 Å². The number of hydrogen-bond donors (Lipinski definition) is 1. The zero-order valence-electron chi connectivity index (χ0n) is 18.1. The molecule has 3 amide bonds. The summed E-state index contributed by atoms with van der Waals surface area (Å²) in [6.45, 7) is 3.03. The third-order valence-electron chi connectivity index (χ3n) is 6.35.